The third-order valence-corrected chi connectivity index (χ3v) is 9.66. The number of carbonyl (C=O) groups is 3. The molecule has 3 aromatic rings. The first kappa shape index (κ1) is 29.3. The van der Waals surface area contributed by atoms with Gasteiger partial charge in [0.2, 0.25) is 11.8 Å². The highest BCUT2D eigenvalue weighted by molar-refractivity contribution is 9.10. The van der Waals surface area contributed by atoms with Crippen LogP contribution in [0.3, 0.4) is 0 Å². The summed E-state index contributed by atoms with van der Waals surface area (Å²) in [6.45, 7) is 3.02. The summed E-state index contributed by atoms with van der Waals surface area (Å²) in [6, 6.07) is 16.1. The van der Waals surface area contributed by atoms with Crippen LogP contribution in [0.1, 0.15) is 64.1 Å². The maximum atomic E-state index is 13.3. The monoisotopic (exact) mass is 646 g/mol. The molecule has 3 aliphatic heterocycles. The minimum atomic E-state index is -0.310. The Hall–Kier alpha value is -3.83. The molecular weight excluding hydrogens is 612 g/mol. The summed E-state index contributed by atoms with van der Waals surface area (Å²) in [7, 11) is 3.72. The Kier molecular flexibility index (Phi) is 8.19. The first-order chi connectivity index (χ1) is 20.7. The lowest BCUT2D eigenvalue weighted by Gasteiger charge is -2.40. The van der Waals surface area contributed by atoms with Crippen LogP contribution in [0, 0.1) is 0 Å². The van der Waals surface area contributed by atoms with Crippen LogP contribution < -0.4 is 16.2 Å². The van der Waals surface area contributed by atoms with E-state index in [4.69, 9.17) is 0 Å². The van der Waals surface area contributed by atoms with Crippen molar-refractivity contribution >= 4 is 39.3 Å². The van der Waals surface area contributed by atoms with Crippen molar-refractivity contribution in [3.8, 4) is 0 Å². The molecule has 4 heterocycles. The van der Waals surface area contributed by atoms with Crippen LogP contribution >= 0.6 is 15.9 Å². The van der Waals surface area contributed by atoms with E-state index in [1.165, 1.54) is 10.2 Å². The number of carbonyl (C=O) groups excluding carboxylic acids is 3. The number of nitrogens with zero attached hydrogens (tertiary/aromatic N) is 4. The second kappa shape index (κ2) is 12.0. The predicted octanol–water partition coefficient (Wildman–Crippen LogP) is 3.20. The lowest BCUT2D eigenvalue weighted by atomic mass is 9.85. The van der Waals surface area contributed by atoms with Gasteiger partial charge in [-0.1, -0.05) is 36.4 Å². The van der Waals surface area contributed by atoms with Gasteiger partial charge in [0.15, 0.2) is 0 Å². The van der Waals surface area contributed by atoms with Crippen LogP contribution in [0.15, 0.2) is 64.0 Å². The molecule has 1 aromatic heterocycles. The van der Waals surface area contributed by atoms with E-state index in [9.17, 15) is 19.2 Å². The first-order valence-electron chi connectivity index (χ1n) is 14.7. The van der Waals surface area contributed by atoms with Crippen molar-refractivity contribution in [3.05, 3.63) is 91.8 Å². The van der Waals surface area contributed by atoms with Crippen LogP contribution in [0.5, 0.6) is 0 Å². The van der Waals surface area contributed by atoms with Crippen molar-refractivity contribution in [2.24, 2.45) is 7.05 Å². The minimum absolute atomic E-state index is 0.0208. The topological polar surface area (TPSA) is 117 Å². The zero-order valence-electron chi connectivity index (χ0n) is 24.3. The van der Waals surface area contributed by atoms with Gasteiger partial charge >= 0.3 is 0 Å². The van der Waals surface area contributed by atoms with E-state index in [1.807, 2.05) is 35.2 Å². The Bertz CT molecular complexity index is 1620. The fourth-order valence-electron chi connectivity index (χ4n) is 6.47. The summed E-state index contributed by atoms with van der Waals surface area (Å²) in [5.41, 5.74) is 4.41. The number of likely N-dealkylation sites (tertiary alicyclic amines) is 2. The lowest BCUT2D eigenvalue weighted by Crippen LogP contribution is -2.48. The number of imide groups is 1. The van der Waals surface area contributed by atoms with Crippen molar-refractivity contribution in [1.82, 2.24) is 24.9 Å². The Labute approximate surface area is 258 Å². The van der Waals surface area contributed by atoms with Crippen molar-refractivity contribution in [2.75, 3.05) is 38.5 Å². The number of hydrogen-bond donors (Lipinski definition) is 2. The van der Waals surface area contributed by atoms with Gasteiger partial charge in [-0.05, 0) is 70.6 Å². The highest BCUT2D eigenvalue weighted by Gasteiger charge is 2.34. The number of likely N-dealkylation sites (N-methyl/N-ethyl adjacent to an activating group) is 1. The number of aromatic nitrogens is 2. The molecule has 3 fully saturated rings. The SMILES string of the molecule is CN1C[C@H](Nc2cnn(C)c(=O)c2Br)C[C@H](c2ccc(C(=O)N3CC(c4cccc(C5CCC(=O)NC5=O)c4)C3)cc2)C1. The minimum Gasteiger partial charge on any atom is -0.379 e. The van der Waals surface area contributed by atoms with Gasteiger partial charge in [-0.2, -0.15) is 5.10 Å². The first-order valence-corrected chi connectivity index (χ1v) is 15.4. The highest BCUT2D eigenvalue weighted by atomic mass is 79.9. The Morgan fingerprint density at radius 2 is 1.70 bits per heavy atom. The molecule has 3 aliphatic rings. The standard InChI is InChI=1S/C32H35BrN6O4/c1-37-15-23(13-25(18-37)35-27-14-34-38(2)32(43)29(27)33)19-6-8-20(9-7-19)31(42)39-16-24(17-39)21-4-3-5-22(12-21)26-10-11-28(40)36-30(26)41/h3-9,12,14,23-26,35H,10-11,13,15-18H2,1-2H3,(H,36,40,41)/t23-,25+,26?/m0/s1. The fourth-order valence-corrected chi connectivity index (χ4v) is 6.95. The summed E-state index contributed by atoms with van der Waals surface area (Å²) < 4.78 is 1.78. The second-order valence-electron chi connectivity index (χ2n) is 12.0. The maximum Gasteiger partial charge on any atom is 0.282 e. The Morgan fingerprint density at radius 1 is 0.953 bits per heavy atom. The Morgan fingerprint density at radius 3 is 2.44 bits per heavy atom. The predicted molar refractivity (Wildman–Crippen MR) is 166 cm³/mol. The number of piperidine rings is 2. The number of amides is 3. The summed E-state index contributed by atoms with van der Waals surface area (Å²) >= 11 is 3.41. The largest absolute Gasteiger partial charge is 0.379 e. The number of nitrogens with one attached hydrogen (secondary N) is 2. The van der Waals surface area contributed by atoms with Gasteiger partial charge in [-0.3, -0.25) is 24.5 Å². The van der Waals surface area contributed by atoms with Crippen LogP contribution in [-0.4, -0.2) is 76.6 Å². The number of hydrogen-bond acceptors (Lipinski definition) is 7. The zero-order chi connectivity index (χ0) is 30.2. The maximum absolute atomic E-state index is 13.3. The molecule has 3 amide bonds. The average molecular weight is 648 g/mol. The molecular formula is C32H35BrN6O4. The van der Waals surface area contributed by atoms with E-state index >= 15 is 0 Å². The molecule has 0 saturated carbocycles. The number of benzene rings is 2. The third-order valence-electron chi connectivity index (χ3n) is 8.89. The number of aryl methyl sites for hydroxylation is 1. The molecule has 1 unspecified atom stereocenters. The quantitative estimate of drug-likeness (QED) is 0.395. The average Bonchev–Trinajstić information content (AvgIpc) is 2.96. The van der Waals surface area contributed by atoms with Gasteiger partial charge in [0.25, 0.3) is 11.5 Å². The van der Waals surface area contributed by atoms with Crippen molar-refractivity contribution < 1.29 is 14.4 Å². The van der Waals surface area contributed by atoms with Crippen LogP contribution in [0.25, 0.3) is 0 Å². The number of rotatable bonds is 6. The fraction of sp³-hybridized carbons (Fsp3) is 0.406. The van der Waals surface area contributed by atoms with E-state index in [0.29, 0.717) is 41.7 Å². The van der Waals surface area contributed by atoms with Crippen molar-refractivity contribution in [1.29, 1.82) is 0 Å². The summed E-state index contributed by atoms with van der Waals surface area (Å²) in [6.07, 6.45) is 3.44. The molecule has 6 rings (SSSR count). The van der Waals surface area contributed by atoms with Gasteiger partial charge in [0, 0.05) is 57.2 Å². The number of anilines is 1. The molecule has 3 atom stereocenters. The van der Waals surface area contributed by atoms with E-state index in [1.54, 1.807) is 13.2 Å². The molecule has 11 heteroatoms. The van der Waals surface area contributed by atoms with Crippen LogP contribution in [0.2, 0.25) is 0 Å². The van der Waals surface area contributed by atoms with Gasteiger partial charge in [-0.15, -0.1) is 0 Å². The number of halogens is 1. The Balaban J connectivity index is 1.06. The zero-order valence-corrected chi connectivity index (χ0v) is 25.8. The van der Waals surface area contributed by atoms with Crippen LogP contribution in [-0.2, 0) is 16.6 Å². The van der Waals surface area contributed by atoms with Gasteiger partial charge in [-0.25, -0.2) is 4.68 Å². The lowest BCUT2D eigenvalue weighted by molar-refractivity contribution is -0.134. The molecule has 2 N–H and O–H groups in total. The molecule has 224 valence electrons. The molecule has 2 aromatic carbocycles. The molecule has 0 spiro atoms. The van der Waals surface area contributed by atoms with Gasteiger partial charge in [0.05, 0.1) is 17.8 Å². The normalized spacial score (nSPS) is 23.0. The van der Waals surface area contributed by atoms with Crippen molar-refractivity contribution in [2.45, 2.75) is 43.1 Å². The summed E-state index contributed by atoms with van der Waals surface area (Å²) in [5.74, 6) is -0.234. The summed E-state index contributed by atoms with van der Waals surface area (Å²) in [4.78, 5) is 53.5. The van der Waals surface area contributed by atoms with E-state index in [2.05, 4.69) is 61.8 Å². The van der Waals surface area contributed by atoms with E-state index in [0.717, 1.165) is 30.6 Å². The van der Waals surface area contributed by atoms with E-state index in [-0.39, 0.29) is 47.1 Å². The molecule has 0 radical (unpaired) electrons. The summed E-state index contributed by atoms with van der Waals surface area (Å²) in [5, 5.41) is 10.1. The second-order valence-corrected chi connectivity index (χ2v) is 12.8. The van der Waals surface area contributed by atoms with E-state index < -0.39 is 0 Å². The van der Waals surface area contributed by atoms with Crippen molar-refractivity contribution in [3.63, 3.8) is 0 Å². The molecule has 3 saturated heterocycles. The van der Waals surface area contributed by atoms with Crippen LogP contribution in [0.4, 0.5) is 5.69 Å². The smallest absolute Gasteiger partial charge is 0.282 e. The molecule has 0 bridgehead atoms. The molecule has 10 nitrogen and oxygen atoms in total. The van der Waals surface area contributed by atoms with Gasteiger partial charge in [0.1, 0.15) is 4.47 Å². The molecule has 0 aliphatic carbocycles. The van der Waals surface area contributed by atoms with Gasteiger partial charge < -0.3 is 15.1 Å². The molecule has 43 heavy (non-hydrogen) atoms. The highest BCUT2D eigenvalue weighted by Crippen LogP contribution is 2.33. The third kappa shape index (κ3) is 6.14.